The fourth-order valence-electron chi connectivity index (χ4n) is 4.35. The lowest BCUT2D eigenvalue weighted by Crippen LogP contribution is -2.31. The van der Waals surface area contributed by atoms with Crippen LogP contribution in [0.1, 0.15) is 17.0 Å². The molecule has 2 aliphatic rings. The Morgan fingerprint density at radius 2 is 1.62 bits per heavy atom. The summed E-state index contributed by atoms with van der Waals surface area (Å²) in [7, 11) is 0. The van der Waals surface area contributed by atoms with Gasteiger partial charge in [0.05, 0.1) is 0 Å². The Labute approximate surface area is 151 Å². The van der Waals surface area contributed by atoms with Crippen LogP contribution in [0.5, 0.6) is 0 Å². The van der Waals surface area contributed by atoms with Crippen molar-refractivity contribution in [2.45, 2.75) is 20.8 Å². The van der Waals surface area contributed by atoms with Gasteiger partial charge in [-0.15, -0.1) is 0 Å². The molecule has 0 radical (unpaired) electrons. The molecule has 5 rings (SSSR count). The summed E-state index contributed by atoms with van der Waals surface area (Å²) < 4.78 is 1.88. The predicted octanol–water partition coefficient (Wildman–Crippen LogP) is 1.41. The van der Waals surface area contributed by atoms with Gasteiger partial charge in [-0.3, -0.25) is 0 Å². The van der Waals surface area contributed by atoms with Gasteiger partial charge in [0, 0.05) is 61.0 Å². The zero-order valence-corrected chi connectivity index (χ0v) is 15.3. The summed E-state index contributed by atoms with van der Waals surface area (Å²) in [5.41, 5.74) is 3.23. The molecule has 5 heterocycles. The number of rotatable bonds is 2. The van der Waals surface area contributed by atoms with Crippen LogP contribution in [0.2, 0.25) is 0 Å². The largest absolute Gasteiger partial charge is 0.356 e. The van der Waals surface area contributed by atoms with E-state index in [-0.39, 0.29) is 0 Å². The quantitative estimate of drug-likeness (QED) is 0.692. The summed E-state index contributed by atoms with van der Waals surface area (Å²) >= 11 is 0. The van der Waals surface area contributed by atoms with Gasteiger partial charge in [-0.05, 0) is 20.8 Å². The molecule has 0 saturated carbocycles. The number of aryl methyl sites for hydroxylation is 2. The maximum Gasteiger partial charge on any atom is 0.254 e. The minimum Gasteiger partial charge on any atom is -0.356 e. The zero-order valence-electron chi connectivity index (χ0n) is 15.3. The molecular formula is C18H22N8. The third kappa shape index (κ3) is 2.32. The molecular weight excluding hydrogens is 328 g/mol. The highest BCUT2D eigenvalue weighted by molar-refractivity contribution is 5.55. The van der Waals surface area contributed by atoms with Gasteiger partial charge in [-0.25, -0.2) is 15.0 Å². The number of hydrogen-bond donors (Lipinski definition) is 0. The topological polar surface area (TPSA) is 75.3 Å². The van der Waals surface area contributed by atoms with Gasteiger partial charge in [0.25, 0.3) is 5.78 Å². The monoisotopic (exact) mass is 350 g/mol. The Morgan fingerprint density at radius 3 is 2.35 bits per heavy atom. The van der Waals surface area contributed by atoms with Crippen LogP contribution in [0.3, 0.4) is 0 Å². The molecule has 2 saturated heterocycles. The summed E-state index contributed by atoms with van der Waals surface area (Å²) in [5, 5.41) is 4.41. The zero-order chi connectivity index (χ0) is 17.8. The lowest BCUT2D eigenvalue weighted by Gasteiger charge is -2.25. The van der Waals surface area contributed by atoms with Crippen molar-refractivity contribution in [3.63, 3.8) is 0 Å². The first kappa shape index (κ1) is 15.5. The van der Waals surface area contributed by atoms with E-state index in [0.29, 0.717) is 17.6 Å². The molecule has 26 heavy (non-hydrogen) atoms. The lowest BCUT2D eigenvalue weighted by atomic mass is 10.0. The molecule has 0 aliphatic carbocycles. The highest BCUT2D eigenvalue weighted by atomic mass is 15.4. The van der Waals surface area contributed by atoms with E-state index in [1.165, 1.54) is 5.56 Å². The first-order valence-corrected chi connectivity index (χ1v) is 9.05. The van der Waals surface area contributed by atoms with Crippen molar-refractivity contribution in [2.75, 3.05) is 36.0 Å². The molecule has 8 nitrogen and oxygen atoms in total. The number of nitrogens with zero attached hydrogens (tertiary/aromatic N) is 8. The van der Waals surface area contributed by atoms with E-state index in [2.05, 4.69) is 47.8 Å². The molecule has 8 heteroatoms. The van der Waals surface area contributed by atoms with E-state index in [9.17, 15) is 0 Å². The number of fused-ring (bicyclic) bond motifs is 2. The molecule has 0 N–H and O–H groups in total. The number of aromatic nitrogens is 6. The second-order valence-corrected chi connectivity index (χ2v) is 7.47. The molecule has 134 valence electrons. The van der Waals surface area contributed by atoms with Crippen LogP contribution in [-0.2, 0) is 0 Å². The van der Waals surface area contributed by atoms with Gasteiger partial charge in [0.15, 0.2) is 0 Å². The van der Waals surface area contributed by atoms with Gasteiger partial charge in [0.2, 0.25) is 0 Å². The molecule has 0 spiro atoms. The highest BCUT2D eigenvalue weighted by Crippen LogP contribution is 2.36. The van der Waals surface area contributed by atoms with Crippen LogP contribution in [0, 0.1) is 32.6 Å². The van der Waals surface area contributed by atoms with E-state index in [1.54, 1.807) is 12.7 Å². The second kappa shape index (κ2) is 5.62. The van der Waals surface area contributed by atoms with Crippen LogP contribution in [-0.4, -0.2) is 55.7 Å². The standard InChI is InChI=1S/C18H22N8/c1-11-4-16(20-9-19-11)24-5-14-7-25(8-15(14)6-24)17-12(2)13(3)23-18-21-10-22-26(17)18/h4,9-10,14-15H,5-8H2,1-3H3. The summed E-state index contributed by atoms with van der Waals surface area (Å²) in [5.74, 6) is 4.14. The normalized spacial score (nSPS) is 22.4. The predicted molar refractivity (Wildman–Crippen MR) is 98.4 cm³/mol. The number of hydrogen-bond acceptors (Lipinski definition) is 7. The van der Waals surface area contributed by atoms with Crippen molar-refractivity contribution in [3.8, 4) is 0 Å². The van der Waals surface area contributed by atoms with E-state index in [4.69, 9.17) is 0 Å². The van der Waals surface area contributed by atoms with E-state index >= 15 is 0 Å². The van der Waals surface area contributed by atoms with Gasteiger partial charge in [-0.1, -0.05) is 0 Å². The highest BCUT2D eigenvalue weighted by Gasteiger charge is 2.41. The van der Waals surface area contributed by atoms with Crippen LogP contribution < -0.4 is 9.80 Å². The third-order valence-corrected chi connectivity index (χ3v) is 5.78. The first-order valence-electron chi connectivity index (χ1n) is 9.05. The minimum absolute atomic E-state index is 0.636. The van der Waals surface area contributed by atoms with Gasteiger partial charge < -0.3 is 9.80 Å². The van der Waals surface area contributed by atoms with Gasteiger partial charge >= 0.3 is 0 Å². The maximum atomic E-state index is 4.54. The molecule has 2 fully saturated rings. The Morgan fingerprint density at radius 1 is 0.885 bits per heavy atom. The summed E-state index contributed by atoms with van der Waals surface area (Å²) in [6, 6.07) is 2.08. The Hall–Kier alpha value is -2.77. The average Bonchev–Trinajstić information content (AvgIpc) is 3.30. The molecule has 0 amide bonds. The van der Waals surface area contributed by atoms with Crippen molar-refractivity contribution in [3.05, 3.63) is 35.7 Å². The third-order valence-electron chi connectivity index (χ3n) is 5.78. The summed E-state index contributed by atoms with van der Waals surface area (Å²) in [6.07, 6.45) is 3.25. The van der Waals surface area contributed by atoms with Crippen molar-refractivity contribution in [2.24, 2.45) is 11.8 Å². The van der Waals surface area contributed by atoms with Crippen LogP contribution >= 0.6 is 0 Å². The molecule has 0 aromatic carbocycles. The second-order valence-electron chi connectivity index (χ2n) is 7.47. The van der Waals surface area contributed by atoms with Crippen LogP contribution in [0.15, 0.2) is 18.7 Å². The summed E-state index contributed by atoms with van der Waals surface area (Å²) in [4.78, 5) is 22.3. The first-order chi connectivity index (χ1) is 12.6. The van der Waals surface area contributed by atoms with Crippen molar-refractivity contribution in [1.29, 1.82) is 0 Å². The molecule has 2 unspecified atom stereocenters. The minimum atomic E-state index is 0.636. The molecule has 2 atom stereocenters. The van der Waals surface area contributed by atoms with E-state index < -0.39 is 0 Å². The smallest absolute Gasteiger partial charge is 0.254 e. The SMILES string of the molecule is Cc1cc(N2CC3CN(c4c(C)c(C)nc5ncnn45)CC3C2)ncn1. The molecule has 3 aromatic heterocycles. The van der Waals surface area contributed by atoms with Gasteiger partial charge in [0.1, 0.15) is 24.3 Å². The van der Waals surface area contributed by atoms with Crippen molar-refractivity contribution in [1.82, 2.24) is 29.5 Å². The van der Waals surface area contributed by atoms with Crippen molar-refractivity contribution >= 4 is 17.4 Å². The van der Waals surface area contributed by atoms with Crippen LogP contribution in [0.4, 0.5) is 11.6 Å². The molecule has 3 aromatic rings. The average molecular weight is 350 g/mol. The Bertz CT molecular complexity index is 966. The summed E-state index contributed by atoms with van der Waals surface area (Å²) in [6.45, 7) is 10.3. The van der Waals surface area contributed by atoms with E-state index in [1.807, 2.05) is 18.4 Å². The fourth-order valence-corrected chi connectivity index (χ4v) is 4.35. The molecule has 0 bridgehead atoms. The Kier molecular flexibility index (Phi) is 3.35. The van der Waals surface area contributed by atoms with Crippen LogP contribution in [0.25, 0.3) is 5.78 Å². The van der Waals surface area contributed by atoms with Crippen molar-refractivity contribution < 1.29 is 0 Å². The van der Waals surface area contributed by atoms with E-state index in [0.717, 1.165) is 49.2 Å². The Balaban J connectivity index is 1.41. The maximum absolute atomic E-state index is 4.54. The number of anilines is 2. The molecule has 2 aliphatic heterocycles. The van der Waals surface area contributed by atoms with Gasteiger partial charge in [-0.2, -0.15) is 14.6 Å². The lowest BCUT2D eigenvalue weighted by molar-refractivity contribution is 0.533. The fraction of sp³-hybridized carbons (Fsp3) is 0.500.